The summed E-state index contributed by atoms with van der Waals surface area (Å²) in [5.74, 6) is 0. The molecular weight excluding hydrogens is 412 g/mol. The molecule has 0 unspecified atom stereocenters. The number of H-pyrrole nitrogens is 1. The van der Waals surface area contributed by atoms with Gasteiger partial charge in [-0.2, -0.15) is 0 Å². The normalized spacial score (nSPS) is 11.2. The SMILES string of the molecule is O=c1c(-c2cnccn2)c[nH]c2nc(-c3ccccc3)c(-c3ccc4ncccc4c3)nc12. The number of nitrogens with one attached hydrogen (secondary N) is 1. The lowest BCUT2D eigenvalue weighted by molar-refractivity contribution is 1.18. The molecule has 0 radical (unpaired) electrons. The summed E-state index contributed by atoms with van der Waals surface area (Å²) in [7, 11) is 0. The molecule has 6 aromatic rings. The fourth-order valence-electron chi connectivity index (χ4n) is 3.88. The Bertz CT molecular complexity index is 1680. The van der Waals surface area contributed by atoms with Crippen LogP contribution in [-0.4, -0.2) is 29.9 Å². The van der Waals surface area contributed by atoms with E-state index >= 15 is 0 Å². The molecule has 0 aliphatic rings. The minimum absolute atomic E-state index is 0.249. The molecule has 7 heteroatoms. The number of rotatable bonds is 3. The van der Waals surface area contributed by atoms with Crippen molar-refractivity contribution in [1.82, 2.24) is 29.9 Å². The second-order valence-corrected chi connectivity index (χ2v) is 7.52. The zero-order chi connectivity index (χ0) is 22.2. The molecule has 6 rings (SSSR count). The fraction of sp³-hybridized carbons (Fsp3) is 0. The van der Waals surface area contributed by atoms with E-state index in [4.69, 9.17) is 9.97 Å². The van der Waals surface area contributed by atoms with Crippen LogP contribution in [0.4, 0.5) is 0 Å². The summed E-state index contributed by atoms with van der Waals surface area (Å²) in [6.45, 7) is 0. The van der Waals surface area contributed by atoms with Crippen LogP contribution in [0.2, 0.25) is 0 Å². The fourth-order valence-corrected chi connectivity index (χ4v) is 3.88. The van der Waals surface area contributed by atoms with E-state index in [2.05, 4.69) is 19.9 Å². The summed E-state index contributed by atoms with van der Waals surface area (Å²) < 4.78 is 0. The lowest BCUT2D eigenvalue weighted by Crippen LogP contribution is -2.11. The zero-order valence-electron chi connectivity index (χ0n) is 17.3. The predicted molar refractivity (Wildman–Crippen MR) is 127 cm³/mol. The molecule has 33 heavy (non-hydrogen) atoms. The van der Waals surface area contributed by atoms with Crippen molar-refractivity contribution in [3.05, 3.63) is 102 Å². The number of aromatic amines is 1. The van der Waals surface area contributed by atoms with Crippen molar-refractivity contribution in [3.63, 3.8) is 0 Å². The van der Waals surface area contributed by atoms with Gasteiger partial charge in [0.1, 0.15) is 0 Å². The summed E-state index contributed by atoms with van der Waals surface area (Å²) in [5, 5.41) is 0.984. The van der Waals surface area contributed by atoms with Gasteiger partial charge in [-0.1, -0.05) is 42.5 Å². The summed E-state index contributed by atoms with van der Waals surface area (Å²) in [6, 6.07) is 19.6. The molecule has 2 aromatic carbocycles. The molecule has 0 aliphatic heterocycles. The zero-order valence-corrected chi connectivity index (χ0v) is 17.3. The van der Waals surface area contributed by atoms with E-state index in [1.807, 2.05) is 60.7 Å². The molecule has 0 amide bonds. The van der Waals surface area contributed by atoms with Crippen molar-refractivity contribution in [1.29, 1.82) is 0 Å². The van der Waals surface area contributed by atoms with Crippen LogP contribution in [0.5, 0.6) is 0 Å². The quantitative estimate of drug-likeness (QED) is 0.440. The van der Waals surface area contributed by atoms with E-state index in [9.17, 15) is 4.79 Å². The molecule has 1 N–H and O–H groups in total. The number of hydrogen-bond acceptors (Lipinski definition) is 6. The van der Waals surface area contributed by atoms with Crippen LogP contribution >= 0.6 is 0 Å². The average molecular weight is 428 g/mol. The van der Waals surface area contributed by atoms with Crippen molar-refractivity contribution in [3.8, 4) is 33.8 Å². The maximum Gasteiger partial charge on any atom is 0.218 e. The highest BCUT2D eigenvalue weighted by molar-refractivity contribution is 5.90. The minimum Gasteiger partial charge on any atom is -0.344 e. The van der Waals surface area contributed by atoms with Gasteiger partial charge in [-0.05, 0) is 18.2 Å². The number of fused-ring (bicyclic) bond motifs is 2. The highest BCUT2D eigenvalue weighted by Crippen LogP contribution is 2.31. The first-order valence-electron chi connectivity index (χ1n) is 10.4. The smallest absolute Gasteiger partial charge is 0.218 e. The molecular formula is C26H16N6O. The first-order chi connectivity index (χ1) is 16.3. The van der Waals surface area contributed by atoms with Crippen LogP contribution in [-0.2, 0) is 0 Å². The highest BCUT2D eigenvalue weighted by atomic mass is 16.1. The number of aromatic nitrogens is 6. The third-order valence-electron chi connectivity index (χ3n) is 5.47. The summed E-state index contributed by atoms with van der Waals surface area (Å²) in [6.07, 6.45) is 8.05. The van der Waals surface area contributed by atoms with Gasteiger partial charge in [-0.25, -0.2) is 9.97 Å². The maximum atomic E-state index is 13.4. The van der Waals surface area contributed by atoms with Gasteiger partial charge in [0, 0.05) is 41.3 Å². The van der Waals surface area contributed by atoms with Gasteiger partial charge < -0.3 is 4.98 Å². The molecule has 156 valence electrons. The van der Waals surface area contributed by atoms with Gasteiger partial charge in [0.25, 0.3) is 0 Å². The Morgan fingerprint density at radius 3 is 2.48 bits per heavy atom. The van der Waals surface area contributed by atoms with Gasteiger partial charge in [-0.15, -0.1) is 0 Å². The lowest BCUT2D eigenvalue weighted by Gasteiger charge is -2.11. The Balaban J connectivity index is 1.65. The number of nitrogens with zero attached hydrogens (tertiary/aromatic N) is 5. The third kappa shape index (κ3) is 3.32. The van der Waals surface area contributed by atoms with Crippen LogP contribution in [0, 0.1) is 0 Å². The van der Waals surface area contributed by atoms with Gasteiger partial charge in [0.15, 0.2) is 11.2 Å². The molecule has 7 nitrogen and oxygen atoms in total. The first-order valence-corrected chi connectivity index (χ1v) is 10.4. The molecule has 0 saturated heterocycles. The van der Waals surface area contributed by atoms with E-state index < -0.39 is 0 Å². The van der Waals surface area contributed by atoms with Crippen LogP contribution in [0.1, 0.15) is 0 Å². The highest BCUT2D eigenvalue weighted by Gasteiger charge is 2.17. The number of benzene rings is 2. The van der Waals surface area contributed by atoms with Crippen LogP contribution in [0.3, 0.4) is 0 Å². The monoisotopic (exact) mass is 428 g/mol. The standard InChI is InChI=1S/C26H16N6O/c33-25-19(21-15-27-11-12-29-21)14-30-26-24(25)31-23(22(32-26)16-5-2-1-3-6-16)18-8-9-20-17(13-18)7-4-10-28-20/h1-15H,(H,30,32,33). The Labute approximate surface area is 187 Å². The van der Waals surface area contributed by atoms with Crippen molar-refractivity contribution < 1.29 is 0 Å². The van der Waals surface area contributed by atoms with Gasteiger partial charge >= 0.3 is 0 Å². The Morgan fingerprint density at radius 1 is 0.758 bits per heavy atom. The van der Waals surface area contributed by atoms with Gasteiger partial charge in [0.2, 0.25) is 5.43 Å². The van der Waals surface area contributed by atoms with E-state index in [-0.39, 0.29) is 10.9 Å². The molecule has 0 aliphatic carbocycles. The minimum atomic E-state index is -0.250. The second-order valence-electron chi connectivity index (χ2n) is 7.52. The van der Waals surface area contributed by atoms with E-state index in [0.29, 0.717) is 28.3 Å². The van der Waals surface area contributed by atoms with Crippen LogP contribution in [0.25, 0.3) is 55.8 Å². The molecule has 4 aromatic heterocycles. The van der Waals surface area contributed by atoms with Crippen molar-refractivity contribution in [2.45, 2.75) is 0 Å². The Kier molecular flexibility index (Phi) is 4.43. The van der Waals surface area contributed by atoms with E-state index in [1.165, 1.54) is 0 Å². The molecule has 0 fully saturated rings. The molecule has 0 atom stereocenters. The van der Waals surface area contributed by atoms with Gasteiger partial charge in [-0.3, -0.25) is 19.7 Å². The first kappa shape index (κ1) is 18.9. The topological polar surface area (TPSA) is 97.3 Å². The molecule has 0 bridgehead atoms. The Hall–Kier alpha value is -4.78. The lowest BCUT2D eigenvalue weighted by atomic mass is 10.0. The van der Waals surface area contributed by atoms with Crippen LogP contribution < -0.4 is 5.43 Å². The number of pyridine rings is 2. The summed E-state index contributed by atoms with van der Waals surface area (Å²) in [4.78, 5) is 38.9. The molecule has 0 spiro atoms. The summed E-state index contributed by atoms with van der Waals surface area (Å²) >= 11 is 0. The van der Waals surface area contributed by atoms with Crippen molar-refractivity contribution in [2.75, 3.05) is 0 Å². The predicted octanol–water partition coefficient (Wildman–Crippen LogP) is 4.66. The van der Waals surface area contributed by atoms with Crippen molar-refractivity contribution >= 4 is 22.1 Å². The van der Waals surface area contributed by atoms with Crippen LogP contribution in [0.15, 0.2) is 96.4 Å². The largest absolute Gasteiger partial charge is 0.344 e. The van der Waals surface area contributed by atoms with E-state index in [1.54, 1.807) is 31.0 Å². The van der Waals surface area contributed by atoms with E-state index in [0.717, 1.165) is 22.0 Å². The number of hydrogen-bond donors (Lipinski definition) is 1. The molecule has 0 saturated carbocycles. The second kappa shape index (κ2) is 7.72. The Morgan fingerprint density at radius 2 is 1.64 bits per heavy atom. The summed E-state index contributed by atoms with van der Waals surface area (Å²) in [5.41, 5.74) is 5.26. The van der Waals surface area contributed by atoms with Crippen molar-refractivity contribution in [2.24, 2.45) is 0 Å². The third-order valence-corrected chi connectivity index (χ3v) is 5.47. The van der Waals surface area contributed by atoms with Gasteiger partial charge in [0.05, 0.1) is 34.4 Å². The molecule has 4 heterocycles. The maximum absolute atomic E-state index is 13.4. The average Bonchev–Trinajstić information content (AvgIpc) is 2.89.